The first-order chi connectivity index (χ1) is 9.52. The molecule has 21 heavy (non-hydrogen) atoms. The zero-order valence-electron chi connectivity index (χ0n) is 12.0. The molecule has 0 bridgehead atoms. The van der Waals surface area contributed by atoms with Gasteiger partial charge >= 0.3 is 12.1 Å². The third-order valence-electron chi connectivity index (χ3n) is 3.67. The molecule has 2 rings (SSSR count). The number of aromatic nitrogens is 1. The molecule has 0 spiro atoms. The molecule has 0 fully saturated rings. The number of alkyl halides is 3. The fourth-order valence-electron chi connectivity index (χ4n) is 2.26. The standard InChI is InChI=1S/C15H16F3NO2/c1-14(2,13(20)21)8-11-6-9-4-5-10(15(16,17)18)7-12(9)19(11)3/h4-7H,8H2,1-3H3,(H,20,21). The van der Waals surface area contributed by atoms with Crippen molar-refractivity contribution in [2.24, 2.45) is 12.5 Å². The maximum absolute atomic E-state index is 12.7. The van der Waals surface area contributed by atoms with Crippen molar-refractivity contribution in [2.75, 3.05) is 0 Å². The number of carbonyl (C=O) groups is 1. The van der Waals surface area contributed by atoms with E-state index in [1.807, 2.05) is 0 Å². The normalized spacial score (nSPS) is 12.9. The summed E-state index contributed by atoms with van der Waals surface area (Å²) in [5, 5.41) is 9.83. The molecule has 1 aromatic heterocycles. The Morgan fingerprint density at radius 2 is 1.86 bits per heavy atom. The third kappa shape index (κ3) is 2.89. The molecule has 0 saturated carbocycles. The van der Waals surface area contributed by atoms with Gasteiger partial charge in [0.25, 0.3) is 0 Å². The van der Waals surface area contributed by atoms with Crippen LogP contribution in [-0.2, 0) is 24.4 Å². The van der Waals surface area contributed by atoms with Crippen LogP contribution >= 0.6 is 0 Å². The van der Waals surface area contributed by atoms with Crippen molar-refractivity contribution < 1.29 is 23.1 Å². The Balaban J connectivity index is 2.49. The number of rotatable bonds is 3. The number of nitrogens with zero attached hydrogens (tertiary/aromatic N) is 1. The van der Waals surface area contributed by atoms with E-state index in [1.54, 1.807) is 31.5 Å². The predicted octanol–water partition coefficient (Wildman–Crippen LogP) is 3.85. The van der Waals surface area contributed by atoms with E-state index in [4.69, 9.17) is 5.11 Å². The largest absolute Gasteiger partial charge is 0.481 e. The van der Waals surface area contributed by atoms with E-state index in [0.717, 1.165) is 12.1 Å². The van der Waals surface area contributed by atoms with Gasteiger partial charge in [-0.15, -0.1) is 0 Å². The second-order valence-electron chi connectivity index (χ2n) is 5.83. The van der Waals surface area contributed by atoms with Crippen molar-refractivity contribution in [3.05, 3.63) is 35.5 Å². The van der Waals surface area contributed by atoms with Crippen molar-refractivity contribution in [1.29, 1.82) is 0 Å². The lowest BCUT2D eigenvalue weighted by Crippen LogP contribution is -2.27. The van der Waals surface area contributed by atoms with Gasteiger partial charge in [0, 0.05) is 24.7 Å². The number of hydrogen-bond donors (Lipinski definition) is 1. The van der Waals surface area contributed by atoms with Crippen molar-refractivity contribution in [3.63, 3.8) is 0 Å². The van der Waals surface area contributed by atoms with Crippen LogP contribution in [0.15, 0.2) is 24.3 Å². The average molecular weight is 299 g/mol. The van der Waals surface area contributed by atoms with Crippen LogP contribution in [0, 0.1) is 5.41 Å². The second-order valence-corrected chi connectivity index (χ2v) is 5.83. The fourth-order valence-corrected chi connectivity index (χ4v) is 2.26. The molecule has 6 heteroatoms. The zero-order chi connectivity index (χ0) is 16.0. The summed E-state index contributed by atoms with van der Waals surface area (Å²) < 4.78 is 39.9. The van der Waals surface area contributed by atoms with Gasteiger partial charge in [0.2, 0.25) is 0 Å². The van der Waals surface area contributed by atoms with E-state index in [2.05, 4.69) is 0 Å². The molecular formula is C15H16F3NO2. The summed E-state index contributed by atoms with van der Waals surface area (Å²) >= 11 is 0. The first kappa shape index (κ1) is 15.4. The van der Waals surface area contributed by atoms with Crippen LogP contribution in [0.25, 0.3) is 10.9 Å². The average Bonchev–Trinajstić information content (AvgIpc) is 2.64. The maximum atomic E-state index is 12.7. The minimum absolute atomic E-state index is 0.245. The predicted molar refractivity (Wildman–Crippen MR) is 73.0 cm³/mol. The Hall–Kier alpha value is -1.98. The van der Waals surface area contributed by atoms with Crippen molar-refractivity contribution in [3.8, 4) is 0 Å². The molecule has 0 radical (unpaired) electrons. The number of hydrogen-bond acceptors (Lipinski definition) is 1. The molecule has 1 aromatic carbocycles. The van der Waals surface area contributed by atoms with Crippen LogP contribution in [-0.4, -0.2) is 15.6 Å². The quantitative estimate of drug-likeness (QED) is 0.935. The summed E-state index contributed by atoms with van der Waals surface area (Å²) in [6, 6.07) is 5.27. The Labute approximate surface area is 120 Å². The molecule has 0 unspecified atom stereocenters. The number of carboxylic acid groups (broad SMARTS) is 1. The highest BCUT2D eigenvalue weighted by Gasteiger charge is 2.32. The first-order valence-electron chi connectivity index (χ1n) is 6.41. The number of aliphatic carboxylic acids is 1. The van der Waals surface area contributed by atoms with Crippen molar-refractivity contribution in [1.82, 2.24) is 4.57 Å². The summed E-state index contributed by atoms with van der Waals surface area (Å²) in [7, 11) is 1.65. The molecular weight excluding hydrogens is 283 g/mol. The number of aryl methyl sites for hydroxylation is 1. The Kier molecular flexibility index (Phi) is 3.51. The number of carboxylic acids is 1. The van der Waals surface area contributed by atoms with Crippen LogP contribution in [0.2, 0.25) is 0 Å². The van der Waals surface area contributed by atoms with E-state index in [0.29, 0.717) is 16.6 Å². The van der Waals surface area contributed by atoms with Gasteiger partial charge in [-0.05, 0) is 37.4 Å². The van der Waals surface area contributed by atoms with E-state index in [1.165, 1.54) is 6.07 Å². The number of halogens is 3. The summed E-state index contributed by atoms with van der Waals surface area (Å²) in [6.07, 6.45) is -4.15. The van der Waals surface area contributed by atoms with Crippen LogP contribution in [0.3, 0.4) is 0 Å². The molecule has 1 N–H and O–H groups in total. The third-order valence-corrected chi connectivity index (χ3v) is 3.67. The highest BCUT2D eigenvalue weighted by atomic mass is 19.4. The van der Waals surface area contributed by atoms with Gasteiger partial charge in [-0.1, -0.05) is 6.07 Å². The number of benzene rings is 1. The second kappa shape index (κ2) is 4.79. The Morgan fingerprint density at radius 3 is 2.38 bits per heavy atom. The summed E-state index contributed by atoms with van der Waals surface area (Å²) in [6.45, 7) is 3.18. The topological polar surface area (TPSA) is 42.2 Å². The highest BCUT2D eigenvalue weighted by molar-refractivity contribution is 5.82. The first-order valence-corrected chi connectivity index (χ1v) is 6.41. The molecule has 3 nitrogen and oxygen atoms in total. The van der Waals surface area contributed by atoms with E-state index >= 15 is 0 Å². The fraction of sp³-hybridized carbons (Fsp3) is 0.400. The van der Waals surface area contributed by atoms with Crippen LogP contribution in [0.5, 0.6) is 0 Å². The van der Waals surface area contributed by atoms with Crippen LogP contribution < -0.4 is 0 Å². The molecule has 0 saturated heterocycles. The Bertz CT molecular complexity index is 699. The van der Waals surface area contributed by atoms with Gasteiger partial charge in [0.15, 0.2) is 0 Å². The smallest absolute Gasteiger partial charge is 0.416 e. The van der Waals surface area contributed by atoms with Gasteiger partial charge in [-0.25, -0.2) is 0 Å². The molecule has 1 heterocycles. The SMILES string of the molecule is Cn1c(CC(C)(C)C(=O)O)cc2ccc(C(F)(F)F)cc21. The molecule has 0 amide bonds. The van der Waals surface area contributed by atoms with E-state index < -0.39 is 23.1 Å². The summed E-state index contributed by atoms with van der Waals surface area (Å²) in [4.78, 5) is 11.2. The lowest BCUT2D eigenvalue weighted by Gasteiger charge is -2.19. The molecule has 114 valence electrons. The van der Waals surface area contributed by atoms with E-state index in [-0.39, 0.29) is 6.42 Å². The Morgan fingerprint density at radius 1 is 1.24 bits per heavy atom. The van der Waals surface area contributed by atoms with Crippen molar-refractivity contribution in [2.45, 2.75) is 26.4 Å². The molecule has 0 atom stereocenters. The maximum Gasteiger partial charge on any atom is 0.416 e. The molecule has 0 aliphatic carbocycles. The van der Waals surface area contributed by atoms with Crippen molar-refractivity contribution >= 4 is 16.9 Å². The minimum atomic E-state index is -4.39. The monoisotopic (exact) mass is 299 g/mol. The van der Waals surface area contributed by atoms with E-state index in [9.17, 15) is 18.0 Å². The summed E-state index contributed by atoms with van der Waals surface area (Å²) in [5.41, 5.74) is -0.549. The summed E-state index contributed by atoms with van der Waals surface area (Å²) in [5.74, 6) is -0.941. The van der Waals surface area contributed by atoms with Gasteiger partial charge < -0.3 is 9.67 Å². The van der Waals surface area contributed by atoms with Gasteiger partial charge in [-0.2, -0.15) is 13.2 Å². The van der Waals surface area contributed by atoms with Crippen LogP contribution in [0.4, 0.5) is 13.2 Å². The lowest BCUT2D eigenvalue weighted by atomic mass is 9.88. The van der Waals surface area contributed by atoms with Gasteiger partial charge in [-0.3, -0.25) is 4.79 Å². The molecule has 0 aliphatic heterocycles. The van der Waals surface area contributed by atoms with Gasteiger partial charge in [0.05, 0.1) is 11.0 Å². The van der Waals surface area contributed by atoms with Gasteiger partial charge in [0.1, 0.15) is 0 Å². The highest BCUT2D eigenvalue weighted by Crippen LogP contribution is 2.33. The number of fused-ring (bicyclic) bond motifs is 1. The lowest BCUT2D eigenvalue weighted by molar-refractivity contribution is -0.146. The minimum Gasteiger partial charge on any atom is -0.481 e. The van der Waals surface area contributed by atoms with Crippen LogP contribution in [0.1, 0.15) is 25.1 Å². The molecule has 0 aliphatic rings. The molecule has 2 aromatic rings. The zero-order valence-corrected chi connectivity index (χ0v) is 12.0.